The number of aryl methyl sites for hydroxylation is 1. The summed E-state index contributed by atoms with van der Waals surface area (Å²) in [5.41, 5.74) is 8.97. The molecule has 2 aromatic heterocycles. The maximum atomic E-state index is 12.1. The molecule has 0 fully saturated rings. The molecule has 6 nitrogen and oxygen atoms in total. The molecule has 3 aromatic rings. The molecule has 0 bridgehead atoms. The van der Waals surface area contributed by atoms with Crippen molar-refractivity contribution in [3.63, 3.8) is 0 Å². The number of imidazole rings is 1. The predicted molar refractivity (Wildman–Crippen MR) is 98.1 cm³/mol. The van der Waals surface area contributed by atoms with Crippen LogP contribution in [0.1, 0.15) is 22.0 Å². The van der Waals surface area contributed by atoms with Crippen LogP contribution < -0.4 is 11.1 Å². The molecule has 1 aromatic carbocycles. The van der Waals surface area contributed by atoms with E-state index in [9.17, 15) is 4.79 Å². The lowest BCUT2D eigenvalue weighted by atomic mass is 10.1. The minimum Gasteiger partial charge on any atom is -0.348 e. The smallest absolute Gasteiger partial charge is 0.237 e. The van der Waals surface area contributed by atoms with Crippen LogP contribution in [0.4, 0.5) is 0 Å². The van der Waals surface area contributed by atoms with Crippen molar-refractivity contribution in [1.82, 2.24) is 19.9 Å². The largest absolute Gasteiger partial charge is 0.348 e. The minimum atomic E-state index is -0.624. The van der Waals surface area contributed by atoms with Crippen LogP contribution in [-0.2, 0) is 24.3 Å². The van der Waals surface area contributed by atoms with Crippen LogP contribution in [0.2, 0.25) is 0 Å². The van der Waals surface area contributed by atoms with E-state index in [1.54, 1.807) is 6.33 Å². The molecule has 2 heterocycles. The number of rotatable bonds is 7. The zero-order chi connectivity index (χ0) is 17.6. The number of nitrogens with zero attached hydrogens (tertiary/aromatic N) is 3. The Kier molecular flexibility index (Phi) is 5.57. The second-order valence-corrected chi connectivity index (χ2v) is 6.88. The average Bonchev–Trinajstić information content (AvgIpc) is 3.22. The summed E-state index contributed by atoms with van der Waals surface area (Å²) in [5.74, 6) is -0.189. The number of hydrogen-bond donors (Lipinski definition) is 2. The van der Waals surface area contributed by atoms with Crippen molar-refractivity contribution in [3.05, 3.63) is 70.2 Å². The molecule has 1 amide bonds. The topological polar surface area (TPSA) is 85.8 Å². The summed E-state index contributed by atoms with van der Waals surface area (Å²) in [6.07, 6.45) is 4.11. The third-order valence-electron chi connectivity index (χ3n) is 3.74. The van der Waals surface area contributed by atoms with Crippen LogP contribution >= 0.6 is 11.3 Å². The first-order valence-corrected chi connectivity index (χ1v) is 8.97. The van der Waals surface area contributed by atoms with Gasteiger partial charge in [0, 0.05) is 30.2 Å². The molecule has 0 aliphatic carbocycles. The third kappa shape index (κ3) is 4.98. The van der Waals surface area contributed by atoms with Crippen LogP contribution in [0.15, 0.2) is 48.2 Å². The number of amides is 1. The molecule has 0 saturated carbocycles. The molecule has 0 radical (unpaired) electrons. The van der Waals surface area contributed by atoms with Crippen molar-refractivity contribution in [1.29, 1.82) is 0 Å². The van der Waals surface area contributed by atoms with Crippen LogP contribution in [-0.4, -0.2) is 26.5 Å². The van der Waals surface area contributed by atoms with Gasteiger partial charge in [0.05, 0.1) is 24.6 Å². The highest BCUT2D eigenvalue weighted by molar-refractivity contribution is 7.09. The number of benzene rings is 1. The Morgan fingerprint density at radius 2 is 2.16 bits per heavy atom. The van der Waals surface area contributed by atoms with E-state index in [2.05, 4.69) is 27.4 Å². The molecular formula is C18H21N5OS. The number of aromatic nitrogens is 3. The van der Waals surface area contributed by atoms with Gasteiger partial charge in [-0.2, -0.15) is 0 Å². The standard InChI is InChI=1S/C18H21N5OS/c1-13-11-25-17(22-13)8-20-18(24)16(19)7-15-10-23(12-21-15)9-14-5-3-2-4-6-14/h2-6,10-12,16H,7-9,19H2,1H3,(H,20,24)/t16-/m0/s1. The van der Waals surface area contributed by atoms with Gasteiger partial charge in [-0.1, -0.05) is 30.3 Å². The molecular weight excluding hydrogens is 334 g/mol. The highest BCUT2D eigenvalue weighted by Gasteiger charge is 2.15. The highest BCUT2D eigenvalue weighted by Crippen LogP contribution is 2.08. The molecule has 1 atom stereocenters. The summed E-state index contributed by atoms with van der Waals surface area (Å²) < 4.78 is 1.99. The Labute approximate surface area is 150 Å². The lowest BCUT2D eigenvalue weighted by Gasteiger charge is -2.10. The number of hydrogen-bond acceptors (Lipinski definition) is 5. The Morgan fingerprint density at radius 1 is 1.36 bits per heavy atom. The first-order chi connectivity index (χ1) is 12.1. The van der Waals surface area contributed by atoms with Crippen molar-refractivity contribution in [2.24, 2.45) is 5.73 Å². The molecule has 0 spiro atoms. The van der Waals surface area contributed by atoms with Crippen LogP contribution in [0.3, 0.4) is 0 Å². The normalized spacial score (nSPS) is 12.1. The highest BCUT2D eigenvalue weighted by atomic mass is 32.1. The number of carbonyl (C=O) groups excluding carboxylic acids is 1. The molecule has 3 N–H and O–H groups in total. The maximum Gasteiger partial charge on any atom is 0.237 e. The van der Waals surface area contributed by atoms with E-state index in [0.717, 1.165) is 22.9 Å². The van der Waals surface area contributed by atoms with Gasteiger partial charge in [0.15, 0.2) is 0 Å². The van der Waals surface area contributed by atoms with Crippen molar-refractivity contribution in [2.45, 2.75) is 32.5 Å². The lowest BCUT2D eigenvalue weighted by molar-refractivity contribution is -0.122. The molecule has 130 valence electrons. The van der Waals surface area contributed by atoms with Gasteiger partial charge in [0.25, 0.3) is 0 Å². The number of carbonyl (C=O) groups is 1. The minimum absolute atomic E-state index is 0.189. The van der Waals surface area contributed by atoms with Gasteiger partial charge in [-0.3, -0.25) is 4.79 Å². The zero-order valence-electron chi connectivity index (χ0n) is 14.1. The molecule has 0 saturated heterocycles. The fourth-order valence-electron chi connectivity index (χ4n) is 2.49. The van der Waals surface area contributed by atoms with E-state index < -0.39 is 6.04 Å². The number of nitrogens with two attached hydrogens (primary N) is 1. The molecule has 0 unspecified atom stereocenters. The Balaban J connectivity index is 1.50. The average molecular weight is 355 g/mol. The van der Waals surface area contributed by atoms with Crippen LogP contribution in [0.25, 0.3) is 0 Å². The van der Waals surface area contributed by atoms with Crippen molar-refractivity contribution in [2.75, 3.05) is 0 Å². The third-order valence-corrected chi connectivity index (χ3v) is 4.71. The lowest BCUT2D eigenvalue weighted by Crippen LogP contribution is -2.41. The van der Waals surface area contributed by atoms with Gasteiger partial charge in [-0.05, 0) is 12.5 Å². The van der Waals surface area contributed by atoms with Gasteiger partial charge < -0.3 is 15.6 Å². The number of nitrogens with one attached hydrogen (secondary N) is 1. The quantitative estimate of drug-likeness (QED) is 0.678. The van der Waals surface area contributed by atoms with Gasteiger partial charge >= 0.3 is 0 Å². The Bertz CT molecular complexity index is 827. The summed E-state index contributed by atoms with van der Waals surface area (Å²) in [5, 5.41) is 5.67. The second kappa shape index (κ2) is 8.04. The first kappa shape index (κ1) is 17.3. The zero-order valence-corrected chi connectivity index (χ0v) is 14.9. The van der Waals surface area contributed by atoms with Gasteiger partial charge in [-0.15, -0.1) is 11.3 Å². The summed E-state index contributed by atoms with van der Waals surface area (Å²) in [7, 11) is 0. The first-order valence-electron chi connectivity index (χ1n) is 8.09. The predicted octanol–water partition coefficient (Wildman–Crippen LogP) is 1.88. The molecule has 0 aliphatic heterocycles. The van der Waals surface area contributed by atoms with Crippen molar-refractivity contribution < 1.29 is 4.79 Å². The van der Waals surface area contributed by atoms with E-state index in [4.69, 9.17) is 5.73 Å². The maximum absolute atomic E-state index is 12.1. The van der Waals surface area contributed by atoms with E-state index in [1.165, 1.54) is 16.9 Å². The van der Waals surface area contributed by atoms with E-state index in [-0.39, 0.29) is 5.91 Å². The van der Waals surface area contributed by atoms with E-state index >= 15 is 0 Å². The van der Waals surface area contributed by atoms with Crippen LogP contribution in [0.5, 0.6) is 0 Å². The van der Waals surface area contributed by atoms with Gasteiger partial charge in [-0.25, -0.2) is 9.97 Å². The molecule has 3 rings (SSSR count). The fourth-order valence-corrected chi connectivity index (χ4v) is 3.20. The SMILES string of the molecule is Cc1csc(CNC(=O)[C@@H](N)Cc2cn(Cc3ccccc3)cn2)n1. The Morgan fingerprint density at radius 3 is 2.88 bits per heavy atom. The van der Waals surface area contributed by atoms with Gasteiger partial charge in [0.2, 0.25) is 5.91 Å². The summed E-state index contributed by atoms with van der Waals surface area (Å²) in [6.45, 7) is 3.09. The van der Waals surface area contributed by atoms with E-state index in [1.807, 2.05) is 41.3 Å². The van der Waals surface area contributed by atoms with Crippen molar-refractivity contribution in [3.8, 4) is 0 Å². The molecule has 25 heavy (non-hydrogen) atoms. The van der Waals surface area contributed by atoms with Gasteiger partial charge in [0.1, 0.15) is 5.01 Å². The summed E-state index contributed by atoms with van der Waals surface area (Å²) in [6, 6.07) is 9.53. The van der Waals surface area contributed by atoms with Crippen LogP contribution in [0, 0.1) is 6.92 Å². The fraction of sp³-hybridized carbons (Fsp3) is 0.278. The van der Waals surface area contributed by atoms with E-state index in [0.29, 0.717) is 13.0 Å². The Hall–Kier alpha value is -2.51. The number of thiazole rings is 1. The summed E-state index contributed by atoms with van der Waals surface area (Å²) >= 11 is 1.53. The molecule has 7 heteroatoms. The monoisotopic (exact) mass is 355 g/mol. The summed E-state index contributed by atoms with van der Waals surface area (Å²) in [4.78, 5) is 20.8. The van der Waals surface area contributed by atoms with Crippen molar-refractivity contribution >= 4 is 17.2 Å². The molecule has 0 aliphatic rings. The second-order valence-electron chi connectivity index (χ2n) is 5.93.